The molecule has 0 amide bonds. The van der Waals surface area contributed by atoms with Crippen LogP contribution < -0.4 is 15.8 Å². The molecule has 2 aromatic rings. The van der Waals surface area contributed by atoms with Crippen molar-refractivity contribution in [2.75, 3.05) is 25.3 Å². The Morgan fingerprint density at radius 1 is 1.23 bits per heavy atom. The third kappa shape index (κ3) is 3.63. The predicted molar refractivity (Wildman–Crippen MR) is 86.1 cm³/mol. The molecule has 0 radical (unpaired) electrons. The Bertz CT molecular complexity index is 643. The van der Waals surface area contributed by atoms with E-state index in [4.69, 9.17) is 10.5 Å². The summed E-state index contributed by atoms with van der Waals surface area (Å²) in [5.41, 5.74) is 7.54. The lowest BCUT2D eigenvalue weighted by atomic mass is 10.1. The fourth-order valence-electron chi connectivity index (χ4n) is 1.94. The molecular formula is C15H19N5O2. The summed E-state index contributed by atoms with van der Waals surface area (Å²) in [4.78, 5) is 12.9. The van der Waals surface area contributed by atoms with E-state index >= 15 is 0 Å². The van der Waals surface area contributed by atoms with Crippen LogP contribution in [-0.4, -0.2) is 30.4 Å². The summed E-state index contributed by atoms with van der Waals surface area (Å²) < 4.78 is 5.16. The minimum absolute atomic E-state index is 0.0231. The van der Waals surface area contributed by atoms with Crippen LogP contribution in [0.3, 0.4) is 0 Å². The Kier molecular flexibility index (Phi) is 5.13. The lowest BCUT2D eigenvalue weighted by molar-refractivity contribution is 0.215. The largest absolute Gasteiger partial charge is 0.497 e. The molecule has 0 fully saturated rings. The van der Waals surface area contributed by atoms with Gasteiger partial charge in [-0.25, -0.2) is 9.97 Å². The lowest BCUT2D eigenvalue weighted by Gasteiger charge is -2.17. The molecule has 1 atom stereocenters. The number of hydrogen-bond donors (Lipinski definition) is 2. The first-order chi connectivity index (χ1) is 10.7. The van der Waals surface area contributed by atoms with Crippen LogP contribution in [0.1, 0.15) is 24.1 Å². The van der Waals surface area contributed by atoms with Crippen LogP contribution in [0.2, 0.25) is 0 Å². The second-order valence-corrected chi connectivity index (χ2v) is 4.58. The maximum atomic E-state index is 5.86. The highest BCUT2D eigenvalue weighted by molar-refractivity contribution is 5.91. The van der Waals surface area contributed by atoms with E-state index in [2.05, 4.69) is 25.3 Å². The molecule has 3 N–H and O–H groups in total. The third-order valence-corrected chi connectivity index (χ3v) is 3.17. The van der Waals surface area contributed by atoms with E-state index in [1.807, 2.05) is 31.2 Å². The average molecular weight is 301 g/mol. The molecule has 1 unspecified atom stereocenters. The Balaban J connectivity index is 2.21. The zero-order valence-electron chi connectivity index (χ0n) is 12.8. The molecule has 22 heavy (non-hydrogen) atoms. The van der Waals surface area contributed by atoms with E-state index in [1.165, 1.54) is 19.7 Å². The van der Waals surface area contributed by atoms with E-state index < -0.39 is 0 Å². The van der Waals surface area contributed by atoms with Crippen molar-refractivity contribution < 1.29 is 9.57 Å². The highest BCUT2D eigenvalue weighted by Crippen LogP contribution is 2.23. The number of oxime groups is 1. The number of anilines is 2. The molecule has 2 rings (SSSR count). The molecule has 0 spiro atoms. The van der Waals surface area contributed by atoms with E-state index in [0.29, 0.717) is 17.2 Å². The van der Waals surface area contributed by atoms with Crippen molar-refractivity contribution in [1.82, 2.24) is 9.97 Å². The molecule has 7 heteroatoms. The van der Waals surface area contributed by atoms with Gasteiger partial charge < -0.3 is 20.6 Å². The van der Waals surface area contributed by atoms with Crippen molar-refractivity contribution in [3.8, 4) is 5.75 Å². The van der Waals surface area contributed by atoms with E-state index in [1.54, 1.807) is 7.11 Å². The Labute approximate surface area is 129 Å². The minimum Gasteiger partial charge on any atom is -0.497 e. The zero-order valence-corrected chi connectivity index (χ0v) is 12.8. The van der Waals surface area contributed by atoms with Gasteiger partial charge in [-0.2, -0.15) is 0 Å². The van der Waals surface area contributed by atoms with Gasteiger partial charge in [0.15, 0.2) is 0 Å². The first-order valence-corrected chi connectivity index (χ1v) is 6.73. The number of nitrogen functional groups attached to an aromatic ring is 1. The van der Waals surface area contributed by atoms with Gasteiger partial charge in [-0.3, -0.25) is 0 Å². The molecule has 1 aromatic carbocycles. The van der Waals surface area contributed by atoms with Crippen LogP contribution in [0, 0.1) is 0 Å². The molecule has 0 saturated carbocycles. The number of benzene rings is 1. The first kappa shape index (κ1) is 15.6. The molecule has 0 aliphatic heterocycles. The number of nitrogens with zero attached hydrogens (tertiary/aromatic N) is 3. The van der Waals surface area contributed by atoms with Gasteiger partial charge in [-0.05, 0) is 24.6 Å². The van der Waals surface area contributed by atoms with Crippen LogP contribution in [0.4, 0.5) is 11.6 Å². The maximum Gasteiger partial charge on any atom is 0.141 e. The highest BCUT2D eigenvalue weighted by Gasteiger charge is 2.12. The van der Waals surface area contributed by atoms with Gasteiger partial charge in [-0.1, -0.05) is 17.3 Å². The standard InChI is InChI=1S/C15H19N5O2/c1-10(11-4-6-12(21-2)7-5-11)20-15-13(8-19-22-3)14(16)17-9-18-15/h4-10H,1-3H3,(H3,16,17,18,20). The van der Waals surface area contributed by atoms with Crippen LogP contribution >= 0.6 is 0 Å². The highest BCUT2D eigenvalue weighted by atomic mass is 16.6. The smallest absolute Gasteiger partial charge is 0.141 e. The van der Waals surface area contributed by atoms with Gasteiger partial charge in [0.25, 0.3) is 0 Å². The second-order valence-electron chi connectivity index (χ2n) is 4.58. The SMILES string of the molecule is CON=Cc1c(N)ncnc1NC(C)c1ccc(OC)cc1. The van der Waals surface area contributed by atoms with E-state index in [0.717, 1.165) is 11.3 Å². The van der Waals surface area contributed by atoms with Crippen LogP contribution in [0.25, 0.3) is 0 Å². The second kappa shape index (κ2) is 7.26. The molecule has 0 saturated heterocycles. The quantitative estimate of drug-likeness (QED) is 0.627. The van der Waals surface area contributed by atoms with Gasteiger partial charge in [0.1, 0.15) is 30.8 Å². The number of rotatable bonds is 6. The van der Waals surface area contributed by atoms with E-state index in [9.17, 15) is 0 Å². The summed E-state index contributed by atoms with van der Waals surface area (Å²) >= 11 is 0. The van der Waals surface area contributed by atoms with E-state index in [-0.39, 0.29) is 6.04 Å². The van der Waals surface area contributed by atoms with Crippen LogP contribution in [0.5, 0.6) is 5.75 Å². The van der Waals surface area contributed by atoms with Crippen LogP contribution in [0.15, 0.2) is 35.7 Å². The predicted octanol–water partition coefficient (Wildman–Crippen LogP) is 2.22. The van der Waals surface area contributed by atoms with Crippen LogP contribution in [-0.2, 0) is 4.84 Å². The minimum atomic E-state index is 0.0231. The summed E-state index contributed by atoms with van der Waals surface area (Å²) in [6, 6.07) is 7.83. The van der Waals surface area contributed by atoms with Crippen molar-refractivity contribution in [1.29, 1.82) is 0 Å². The summed E-state index contributed by atoms with van der Waals surface area (Å²) in [6.07, 6.45) is 2.89. The first-order valence-electron chi connectivity index (χ1n) is 6.73. The Morgan fingerprint density at radius 3 is 2.59 bits per heavy atom. The third-order valence-electron chi connectivity index (χ3n) is 3.17. The number of methoxy groups -OCH3 is 1. The summed E-state index contributed by atoms with van der Waals surface area (Å²) in [5, 5.41) is 7.02. The van der Waals surface area contributed by atoms with Crippen molar-refractivity contribution in [2.45, 2.75) is 13.0 Å². The molecule has 1 heterocycles. The van der Waals surface area contributed by atoms with Gasteiger partial charge in [0.2, 0.25) is 0 Å². The van der Waals surface area contributed by atoms with Gasteiger partial charge in [-0.15, -0.1) is 0 Å². The monoisotopic (exact) mass is 301 g/mol. The fourth-order valence-corrected chi connectivity index (χ4v) is 1.94. The molecular weight excluding hydrogens is 282 g/mol. The molecule has 0 aliphatic carbocycles. The number of aromatic nitrogens is 2. The van der Waals surface area contributed by atoms with Crippen molar-refractivity contribution >= 4 is 17.9 Å². The number of nitrogens with two attached hydrogens (primary N) is 1. The Hall–Kier alpha value is -2.83. The van der Waals surface area contributed by atoms with Gasteiger partial charge >= 0.3 is 0 Å². The topological polar surface area (TPSA) is 94.7 Å². The number of nitrogens with one attached hydrogen (secondary N) is 1. The number of ether oxygens (including phenoxy) is 1. The van der Waals surface area contributed by atoms with Gasteiger partial charge in [0.05, 0.1) is 18.9 Å². The summed E-state index contributed by atoms with van der Waals surface area (Å²) in [5.74, 6) is 1.74. The zero-order chi connectivity index (χ0) is 15.9. The van der Waals surface area contributed by atoms with Crippen molar-refractivity contribution in [2.24, 2.45) is 5.16 Å². The van der Waals surface area contributed by atoms with Crippen molar-refractivity contribution in [3.63, 3.8) is 0 Å². The average Bonchev–Trinajstić information content (AvgIpc) is 2.54. The molecule has 0 aliphatic rings. The molecule has 116 valence electrons. The number of hydrogen-bond acceptors (Lipinski definition) is 7. The summed E-state index contributed by atoms with van der Waals surface area (Å²) in [7, 11) is 3.10. The molecule has 7 nitrogen and oxygen atoms in total. The van der Waals surface area contributed by atoms with Gasteiger partial charge in [0, 0.05) is 6.04 Å². The fraction of sp³-hybridized carbons (Fsp3) is 0.267. The summed E-state index contributed by atoms with van der Waals surface area (Å²) in [6.45, 7) is 2.03. The van der Waals surface area contributed by atoms with Crippen molar-refractivity contribution in [3.05, 3.63) is 41.7 Å². The lowest BCUT2D eigenvalue weighted by Crippen LogP contribution is -2.12. The molecule has 0 bridgehead atoms. The maximum absolute atomic E-state index is 5.86. The Morgan fingerprint density at radius 2 is 1.95 bits per heavy atom. The normalized spacial score (nSPS) is 12.1. The molecule has 1 aromatic heterocycles.